The second-order valence-electron chi connectivity index (χ2n) is 4.30. The highest BCUT2D eigenvalue weighted by molar-refractivity contribution is 4.91. The van der Waals surface area contributed by atoms with Gasteiger partial charge in [-0.1, -0.05) is 5.21 Å². The number of nitrogens with one attached hydrogen (secondary N) is 1. The number of ether oxygens (including phenoxy) is 1. The van der Waals surface area contributed by atoms with Crippen LogP contribution in [0.3, 0.4) is 0 Å². The SMILES string of the molecule is COCCNCc1cn(CCCn2ccnc2)nn1. The molecule has 0 saturated heterocycles. The van der Waals surface area contributed by atoms with E-state index in [1.165, 1.54) is 0 Å². The molecule has 0 aliphatic rings. The highest BCUT2D eigenvalue weighted by Crippen LogP contribution is 1.97. The van der Waals surface area contributed by atoms with E-state index in [0.717, 1.165) is 38.3 Å². The van der Waals surface area contributed by atoms with Crippen molar-refractivity contribution >= 4 is 0 Å². The Morgan fingerprint density at radius 2 is 2.32 bits per heavy atom. The minimum Gasteiger partial charge on any atom is -0.383 e. The van der Waals surface area contributed by atoms with Crippen molar-refractivity contribution in [3.05, 3.63) is 30.6 Å². The van der Waals surface area contributed by atoms with E-state index in [0.29, 0.717) is 6.61 Å². The number of hydrogen-bond donors (Lipinski definition) is 1. The topological polar surface area (TPSA) is 69.8 Å². The molecule has 0 atom stereocenters. The van der Waals surface area contributed by atoms with Crippen LogP contribution in [-0.2, 0) is 24.4 Å². The number of aryl methyl sites for hydroxylation is 2. The zero-order valence-corrected chi connectivity index (χ0v) is 11.2. The predicted octanol–water partition coefficient (Wildman–Crippen LogP) is 0.301. The van der Waals surface area contributed by atoms with Crippen LogP contribution in [0.2, 0.25) is 0 Å². The van der Waals surface area contributed by atoms with Crippen LogP contribution in [0.5, 0.6) is 0 Å². The lowest BCUT2D eigenvalue weighted by molar-refractivity contribution is 0.199. The van der Waals surface area contributed by atoms with E-state index >= 15 is 0 Å². The smallest absolute Gasteiger partial charge is 0.0964 e. The summed E-state index contributed by atoms with van der Waals surface area (Å²) in [6, 6.07) is 0. The fourth-order valence-corrected chi connectivity index (χ4v) is 1.75. The van der Waals surface area contributed by atoms with Gasteiger partial charge in [-0.3, -0.25) is 4.68 Å². The van der Waals surface area contributed by atoms with Crippen molar-refractivity contribution in [3.63, 3.8) is 0 Å². The third kappa shape index (κ3) is 4.80. The van der Waals surface area contributed by atoms with E-state index in [1.54, 1.807) is 13.3 Å². The molecule has 0 aliphatic carbocycles. The molecule has 0 fully saturated rings. The van der Waals surface area contributed by atoms with Gasteiger partial charge in [0.25, 0.3) is 0 Å². The minimum atomic E-state index is 0.707. The van der Waals surface area contributed by atoms with Gasteiger partial charge in [0, 0.05) is 51.9 Å². The lowest BCUT2D eigenvalue weighted by Gasteiger charge is -2.02. The summed E-state index contributed by atoms with van der Waals surface area (Å²) in [6.45, 7) is 4.07. The summed E-state index contributed by atoms with van der Waals surface area (Å²) >= 11 is 0. The van der Waals surface area contributed by atoms with Gasteiger partial charge in [0.2, 0.25) is 0 Å². The van der Waals surface area contributed by atoms with Crippen LogP contribution in [0.15, 0.2) is 24.9 Å². The first-order chi connectivity index (χ1) is 9.38. The first kappa shape index (κ1) is 13.7. The Morgan fingerprint density at radius 1 is 1.37 bits per heavy atom. The quantitative estimate of drug-likeness (QED) is 0.660. The van der Waals surface area contributed by atoms with E-state index in [9.17, 15) is 0 Å². The third-order valence-corrected chi connectivity index (χ3v) is 2.74. The number of methoxy groups -OCH3 is 1. The van der Waals surface area contributed by atoms with Crippen LogP contribution >= 0.6 is 0 Å². The molecule has 2 heterocycles. The summed E-state index contributed by atoms with van der Waals surface area (Å²) in [5, 5.41) is 11.5. The number of hydrogen-bond acceptors (Lipinski definition) is 5. The first-order valence-electron chi connectivity index (χ1n) is 6.43. The third-order valence-electron chi connectivity index (χ3n) is 2.74. The molecule has 0 saturated carbocycles. The van der Waals surface area contributed by atoms with Crippen molar-refractivity contribution in [2.75, 3.05) is 20.3 Å². The van der Waals surface area contributed by atoms with Crippen molar-refractivity contribution in [1.29, 1.82) is 0 Å². The molecule has 0 aromatic carbocycles. The highest BCUT2D eigenvalue weighted by Gasteiger charge is 2.00. The van der Waals surface area contributed by atoms with E-state index in [1.807, 2.05) is 23.4 Å². The molecule has 0 unspecified atom stereocenters. The molecule has 0 amide bonds. The average Bonchev–Trinajstić information content (AvgIpc) is 3.07. The minimum absolute atomic E-state index is 0.707. The van der Waals surface area contributed by atoms with Crippen LogP contribution in [0, 0.1) is 0 Å². The normalized spacial score (nSPS) is 11.0. The lowest BCUT2D eigenvalue weighted by atomic mass is 10.4. The van der Waals surface area contributed by atoms with Crippen LogP contribution in [0.4, 0.5) is 0 Å². The number of imidazole rings is 1. The summed E-state index contributed by atoms with van der Waals surface area (Å²) in [6.07, 6.45) is 8.57. The maximum Gasteiger partial charge on any atom is 0.0964 e. The molecule has 0 radical (unpaired) electrons. The average molecular weight is 264 g/mol. The molecule has 2 rings (SSSR count). The van der Waals surface area contributed by atoms with Gasteiger partial charge in [0.15, 0.2) is 0 Å². The molecule has 1 N–H and O–H groups in total. The summed E-state index contributed by atoms with van der Waals surface area (Å²) in [5.41, 5.74) is 0.957. The summed E-state index contributed by atoms with van der Waals surface area (Å²) in [7, 11) is 1.69. The molecule has 104 valence electrons. The van der Waals surface area contributed by atoms with Crippen LogP contribution in [-0.4, -0.2) is 44.8 Å². The zero-order chi connectivity index (χ0) is 13.3. The molecular weight excluding hydrogens is 244 g/mol. The van der Waals surface area contributed by atoms with E-state index in [-0.39, 0.29) is 0 Å². The molecule has 19 heavy (non-hydrogen) atoms. The number of rotatable bonds is 9. The molecule has 0 bridgehead atoms. The van der Waals surface area contributed by atoms with Gasteiger partial charge in [0.05, 0.1) is 18.6 Å². The van der Waals surface area contributed by atoms with Gasteiger partial charge >= 0.3 is 0 Å². The van der Waals surface area contributed by atoms with Crippen molar-refractivity contribution in [2.45, 2.75) is 26.1 Å². The van der Waals surface area contributed by atoms with Crippen LogP contribution in [0.1, 0.15) is 12.1 Å². The largest absolute Gasteiger partial charge is 0.383 e. The molecule has 7 nitrogen and oxygen atoms in total. The van der Waals surface area contributed by atoms with Gasteiger partial charge < -0.3 is 14.6 Å². The zero-order valence-electron chi connectivity index (χ0n) is 11.2. The van der Waals surface area contributed by atoms with Crippen molar-refractivity contribution in [1.82, 2.24) is 29.9 Å². The Kier molecular flexibility index (Phi) is 5.51. The Balaban J connectivity index is 1.65. The first-order valence-corrected chi connectivity index (χ1v) is 6.43. The Bertz CT molecular complexity index is 452. The fraction of sp³-hybridized carbons (Fsp3) is 0.583. The molecule has 2 aromatic rings. The second-order valence-corrected chi connectivity index (χ2v) is 4.30. The van der Waals surface area contributed by atoms with E-state index in [4.69, 9.17) is 4.74 Å². The van der Waals surface area contributed by atoms with Gasteiger partial charge in [-0.05, 0) is 6.42 Å². The second kappa shape index (κ2) is 7.65. The Morgan fingerprint density at radius 3 is 3.11 bits per heavy atom. The monoisotopic (exact) mass is 264 g/mol. The summed E-state index contributed by atoms with van der Waals surface area (Å²) < 4.78 is 8.90. The standard InChI is InChI=1S/C12H20N6O/c1-19-8-4-13-9-12-10-18(16-15-12)6-2-5-17-7-3-14-11-17/h3,7,10-11,13H,2,4-6,8-9H2,1H3. The molecular formula is C12H20N6O. The van der Waals surface area contributed by atoms with Gasteiger partial charge in [-0.15, -0.1) is 5.10 Å². The van der Waals surface area contributed by atoms with Gasteiger partial charge in [-0.2, -0.15) is 0 Å². The Labute approximate surface area is 112 Å². The number of aromatic nitrogens is 5. The molecule has 0 aliphatic heterocycles. The lowest BCUT2D eigenvalue weighted by Crippen LogP contribution is -2.18. The molecule has 0 spiro atoms. The summed E-state index contributed by atoms with van der Waals surface area (Å²) in [5.74, 6) is 0. The summed E-state index contributed by atoms with van der Waals surface area (Å²) in [4.78, 5) is 4.01. The highest BCUT2D eigenvalue weighted by atomic mass is 16.5. The van der Waals surface area contributed by atoms with Crippen molar-refractivity contribution in [2.24, 2.45) is 0 Å². The van der Waals surface area contributed by atoms with Crippen molar-refractivity contribution in [3.8, 4) is 0 Å². The van der Waals surface area contributed by atoms with E-state index < -0.39 is 0 Å². The maximum absolute atomic E-state index is 4.96. The molecule has 7 heteroatoms. The molecule has 2 aromatic heterocycles. The van der Waals surface area contributed by atoms with Crippen LogP contribution < -0.4 is 5.32 Å². The Hall–Kier alpha value is -1.73. The van der Waals surface area contributed by atoms with Crippen molar-refractivity contribution < 1.29 is 4.74 Å². The van der Waals surface area contributed by atoms with Gasteiger partial charge in [-0.25, -0.2) is 4.98 Å². The maximum atomic E-state index is 4.96. The predicted molar refractivity (Wildman–Crippen MR) is 70.4 cm³/mol. The van der Waals surface area contributed by atoms with Gasteiger partial charge in [0.1, 0.15) is 0 Å². The van der Waals surface area contributed by atoms with E-state index in [2.05, 4.69) is 25.2 Å². The fourth-order valence-electron chi connectivity index (χ4n) is 1.75. The number of nitrogens with zero attached hydrogens (tertiary/aromatic N) is 5. The van der Waals surface area contributed by atoms with Crippen LogP contribution in [0.25, 0.3) is 0 Å².